The quantitative estimate of drug-likeness (QED) is 0.859. The van der Waals surface area contributed by atoms with Crippen LogP contribution in [0.2, 0.25) is 0 Å². The molecule has 0 bridgehead atoms. The van der Waals surface area contributed by atoms with E-state index in [2.05, 4.69) is 10.3 Å². The summed E-state index contributed by atoms with van der Waals surface area (Å²) in [6.45, 7) is 2.03. The van der Waals surface area contributed by atoms with Gasteiger partial charge in [-0.15, -0.1) is 0 Å². The Morgan fingerprint density at radius 3 is 2.95 bits per heavy atom. The maximum atomic E-state index is 13.2. The van der Waals surface area contributed by atoms with Gasteiger partial charge in [-0.3, -0.25) is 4.79 Å². The van der Waals surface area contributed by atoms with Crippen LogP contribution in [0.25, 0.3) is 0 Å². The molecule has 116 valence electrons. The second kappa shape index (κ2) is 7.51. The van der Waals surface area contributed by atoms with E-state index in [1.807, 2.05) is 0 Å². The SMILES string of the molecule is CC(N)CC(=O)NCc1cccnc1Oc1cccc(F)c1. The number of hydrogen-bond donors (Lipinski definition) is 2. The Bertz CT molecular complexity index is 647. The average Bonchev–Trinajstić information content (AvgIpc) is 2.46. The first-order valence-corrected chi connectivity index (χ1v) is 6.94. The maximum absolute atomic E-state index is 13.2. The van der Waals surface area contributed by atoms with Crippen LogP contribution in [0, 0.1) is 5.82 Å². The number of hydrogen-bond acceptors (Lipinski definition) is 4. The molecule has 22 heavy (non-hydrogen) atoms. The smallest absolute Gasteiger partial charge is 0.224 e. The number of nitrogens with two attached hydrogens (primary N) is 1. The van der Waals surface area contributed by atoms with E-state index in [0.717, 1.165) is 0 Å². The molecule has 3 N–H and O–H groups in total. The molecule has 0 aliphatic rings. The predicted molar refractivity (Wildman–Crippen MR) is 80.8 cm³/mol. The van der Waals surface area contributed by atoms with Crippen LogP contribution in [0.5, 0.6) is 11.6 Å². The molecule has 1 heterocycles. The molecular formula is C16H18FN3O2. The molecule has 1 aromatic carbocycles. The number of halogens is 1. The molecule has 0 radical (unpaired) electrons. The van der Waals surface area contributed by atoms with Gasteiger partial charge in [-0.1, -0.05) is 12.1 Å². The Morgan fingerprint density at radius 1 is 1.41 bits per heavy atom. The fourth-order valence-corrected chi connectivity index (χ4v) is 1.85. The van der Waals surface area contributed by atoms with E-state index < -0.39 is 0 Å². The third-order valence-electron chi connectivity index (χ3n) is 2.84. The van der Waals surface area contributed by atoms with Crippen molar-refractivity contribution in [2.24, 2.45) is 5.73 Å². The Morgan fingerprint density at radius 2 is 2.23 bits per heavy atom. The number of aromatic nitrogens is 1. The third-order valence-corrected chi connectivity index (χ3v) is 2.84. The fraction of sp³-hybridized carbons (Fsp3) is 0.250. The Kier molecular flexibility index (Phi) is 5.43. The monoisotopic (exact) mass is 303 g/mol. The number of rotatable bonds is 6. The number of amides is 1. The highest BCUT2D eigenvalue weighted by Crippen LogP contribution is 2.23. The minimum atomic E-state index is -0.389. The van der Waals surface area contributed by atoms with Crippen LogP contribution in [0.3, 0.4) is 0 Å². The molecule has 0 fully saturated rings. The van der Waals surface area contributed by atoms with Crippen molar-refractivity contribution < 1.29 is 13.9 Å². The molecule has 5 nitrogen and oxygen atoms in total. The number of benzene rings is 1. The van der Waals surface area contributed by atoms with Gasteiger partial charge in [0.2, 0.25) is 11.8 Å². The van der Waals surface area contributed by atoms with Gasteiger partial charge in [0.05, 0.1) is 0 Å². The van der Waals surface area contributed by atoms with Gasteiger partial charge in [-0.05, 0) is 25.1 Å². The summed E-state index contributed by atoms with van der Waals surface area (Å²) in [5.74, 6) is 0.145. The number of nitrogens with zero attached hydrogens (tertiary/aromatic N) is 1. The summed E-state index contributed by atoms with van der Waals surface area (Å²) in [4.78, 5) is 15.8. The van der Waals surface area contributed by atoms with Crippen molar-refractivity contribution in [1.29, 1.82) is 0 Å². The number of carbonyl (C=O) groups excluding carboxylic acids is 1. The van der Waals surface area contributed by atoms with Gasteiger partial charge in [0.25, 0.3) is 0 Å². The number of pyridine rings is 1. The van der Waals surface area contributed by atoms with Gasteiger partial charge in [-0.25, -0.2) is 9.37 Å². The lowest BCUT2D eigenvalue weighted by atomic mass is 10.2. The molecule has 2 aromatic rings. The van der Waals surface area contributed by atoms with Crippen LogP contribution in [0.4, 0.5) is 4.39 Å². The van der Waals surface area contributed by atoms with Gasteiger partial charge in [0.15, 0.2) is 0 Å². The zero-order valence-electron chi connectivity index (χ0n) is 12.3. The first-order valence-electron chi connectivity index (χ1n) is 6.94. The Labute approximate surface area is 128 Å². The summed E-state index contributed by atoms with van der Waals surface area (Å²) < 4.78 is 18.8. The maximum Gasteiger partial charge on any atom is 0.224 e. The average molecular weight is 303 g/mol. The fourth-order valence-electron chi connectivity index (χ4n) is 1.85. The standard InChI is InChI=1S/C16H18FN3O2/c1-11(18)8-15(21)20-10-12-4-3-7-19-16(12)22-14-6-2-5-13(17)9-14/h2-7,9,11H,8,10,18H2,1H3,(H,20,21). The number of nitrogens with one attached hydrogen (secondary N) is 1. The van der Waals surface area contributed by atoms with Gasteiger partial charge < -0.3 is 15.8 Å². The summed E-state index contributed by atoms with van der Waals surface area (Å²) in [7, 11) is 0. The lowest BCUT2D eigenvalue weighted by molar-refractivity contribution is -0.121. The summed E-state index contributed by atoms with van der Waals surface area (Å²) in [5.41, 5.74) is 6.27. The Hall–Kier alpha value is -2.47. The van der Waals surface area contributed by atoms with Gasteiger partial charge in [-0.2, -0.15) is 0 Å². The lowest BCUT2D eigenvalue weighted by Crippen LogP contribution is -2.29. The van der Waals surface area contributed by atoms with E-state index in [9.17, 15) is 9.18 Å². The zero-order chi connectivity index (χ0) is 15.9. The normalized spacial score (nSPS) is 11.8. The molecule has 2 rings (SSSR count). The van der Waals surface area contributed by atoms with E-state index in [1.54, 1.807) is 37.4 Å². The first kappa shape index (κ1) is 15.9. The molecule has 0 saturated carbocycles. The predicted octanol–water partition coefficient (Wildman–Crippen LogP) is 2.37. The molecule has 1 aromatic heterocycles. The summed E-state index contributed by atoms with van der Waals surface area (Å²) in [6.07, 6.45) is 1.82. The molecule has 1 amide bonds. The summed E-state index contributed by atoms with van der Waals surface area (Å²) in [6, 6.07) is 9.12. The van der Waals surface area contributed by atoms with Crippen LogP contribution in [-0.4, -0.2) is 16.9 Å². The van der Waals surface area contributed by atoms with Gasteiger partial charge in [0.1, 0.15) is 11.6 Å². The van der Waals surface area contributed by atoms with Crippen molar-refractivity contribution in [2.75, 3.05) is 0 Å². The van der Waals surface area contributed by atoms with E-state index in [-0.39, 0.29) is 30.7 Å². The van der Waals surface area contributed by atoms with E-state index in [4.69, 9.17) is 10.5 Å². The molecule has 0 saturated heterocycles. The highest BCUT2D eigenvalue weighted by molar-refractivity contribution is 5.76. The second-order valence-corrected chi connectivity index (χ2v) is 4.99. The Balaban J connectivity index is 2.05. The molecule has 1 atom stereocenters. The van der Waals surface area contributed by atoms with Crippen molar-refractivity contribution in [1.82, 2.24) is 10.3 Å². The minimum Gasteiger partial charge on any atom is -0.439 e. The van der Waals surface area contributed by atoms with Crippen molar-refractivity contribution in [3.8, 4) is 11.6 Å². The lowest BCUT2D eigenvalue weighted by Gasteiger charge is -2.11. The molecule has 1 unspecified atom stereocenters. The van der Waals surface area contributed by atoms with Crippen LogP contribution >= 0.6 is 0 Å². The molecular weight excluding hydrogens is 285 g/mol. The van der Waals surface area contributed by atoms with Crippen LogP contribution in [-0.2, 0) is 11.3 Å². The van der Waals surface area contributed by atoms with Crippen molar-refractivity contribution in [2.45, 2.75) is 25.9 Å². The van der Waals surface area contributed by atoms with Gasteiger partial charge >= 0.3 is 0 Å². The van der Waals surface area contributed by atoms with Crippen LogP contribution < -0.4 is 15.8 Å². The van der Waals surface area contributed by atoms with E-state index >= 15 is 0 Å². The third kappa shape index (κ3) is 4.82. The molecule has 0 aliphatic carbocycles. The molecule has 0 spiro atoms. The minimum absolute atomic E-state index is 0.143. The second-order valence-electron chi connectivity index (χ2n) is 4.99. The van der Waals surface area contributed by atoms with Crippen molar-refractivity contribution in [3.05, 3.63) is 54.0 Å². The molecule has 6 heteroatoms. The van der Waals surface area contributed by atoms with Crippen LogP contribution in [0.1, 0.15) is 18.9 Å². The first-order chi connectivity index (χ1) is 10.5. The zero-order valence-corrected chi connectivity index (χ0v) is 12.3. The van der Waals surface area contributed by atoms with Crippen molar-refractivity contribution >= 4 is 5.91 Å². The topological polar surface area (TPSA) is 77.2 Å². The van der Waals surface area contributed by atoms with E-state index in [0.29, 0.717) is 17.2 Å². The van der Waals surface area contributed by atoms with Crippen LogP contribution in [0.15, 0.2) is 42.6 Å². The summed E-state index contributed by atoms with van der Waals surface area (Å²) in [5, 5.41) is 2.75. The van der Waals surface area contributed by atoms with E-state index in [1.165, 1.54) is 12.1 Å². The van der Waals surface area contributed by atoms with Crippen molar-refractivity contribution in [3.63, 3.8) is 0 Å². The molecule has 0 aliphatic heterocycles. The van der Waals surface area contributed by atoms with Gasteiger partial charge in [0, 0.05) is 36.8 Å². The summed E-state index contributed by atoms with van der Waals surface area (Å²) >= 11 is 0. The largest absolute Gasteiger partial charge is 0.439 e. The highest BCUT2D eigenvalue weighted by atomic mass is 19.1. The highest BCUT2D eigenvalue weighted by Gasteiger charge is 2.09. The number of carbonyl (C=O) groups is 1. The number of ether oxygens (including phenoxy) is 1.